The van der Waals surface area contributed by atoms with Crippen molar-refractivity contribution in [2.75, 3.05) is 11.5 Å². The van der Waals surface area contributed by atoms with E-state index in [0.717, 1.165) is 0 Å². The summed E-state index contributed by atoms with van der Waals surface area (Å²) in [5.74, 6) is 0.977. The molecule has 0 aliphatic carbocycles. The highest BCUT2D eigenvalue weighted by Gasteiger charge is 2.12. The van der Waals surface area contributed by atoms with E-state index in [1.807, 2.05) is 13.0 Å². The van der Waals surface area contributed by atoms with Gasteiger partial charge in [-0.1, -0.05) is 18.2 Å². The van der Waals surface area contributed by atoms with Gasteiger partial charge < -0.3 is 11.5 Å². The van der Waals surface area contributed by atoms with Gasteiger partial charge in [-0.3, -0.25) is 0 Å². The van der Waals surface area contributed by atoms with E-state index < -0.39 is 0 Å². The van der Waals surface area contributed by atoms with Crippen molar-refractivity contribution in [2.45, 2.75) is 17.9 Å². The molecule has 0 radical (unpaired) electrons. The van der Waals surface area contributed by atoms with E-state index in [9.17, 15) is 4.39 Å². The van der Waals surface area contributed by atoms with Crippen molar-refractivity contribution in [3.8, 4) is 0 Å². The molecule has 0 spiro atoms. The van der Waals surface area contributed by atoms with Gasteiger partial charge in [-0.05, 0) is 13.0 Å². The van der Waals surface area contributed by atoms with Gasteiger partial charge in [0, 0.05) is 10.8 Å². The van der Waals surface area contributed by atoms with E-state index >= 15 is 0 Å². The summed E-state index contributed by atoms with van der Waals surface area (Å²) in [6, 6.07) is 6.70. The molecule has 0 aliphatic rings. The molecular weight excluding hydrogens is 265 g/mol. The van der Waals surface area contributed by atoms with Crippen LogP contribution in [0.15, 0.2) is 24.3 Å². The fourth-order valence-electron chi connectivity index (χ4n) is 1.62. The average Bonchev–Trinajstić information content (AvgIpc) is 2.35. The lowest BCUT2D eigenvalue weighted by Crippen LogP contribution is -2.06. The lowest BCUT2D eigenvalue weighted by molar-refractivity contribution is 0.611. The zero-order valence-electron chi connectivity index (χ0n) is 10.4. The second-order valence-electron chi connectivity index (χ2n) is 3.94. The van der Waals surface area contributed by atoms with Crippen LogP contribution in [-0.2, 0) is 5.75 Å². The number of hydrogen-bond acceptors (Lipinski definition) is 6. The number of aromatic nitrogens is 3. The number of thioether (sulfide) groups is 1. The monoisotopic (exact) mass is 279 g/mol. The summed E-state index contributed by atoms with van der Waals surface area (Å²) in [7, 11) is 0. The van der Waals surface area contributed by atoms with Crippen molar-refractivity contribution in [3.63, 3.8) is 0 Å². The number of benzene rings is 1. The Morgan fingerprint density at radius 3 is 2.42 bits per heavy atom. The summed E-state index contributed by atoms with van der Waals surface area (Å²) in [4.78, 5) is 11.7. The Balaban J connectivity index is 2.04. The molecule has 7 heteroatoms. The van der Waals surface area contributed by atoms with Crippen LogP contribution in [0.4, 0.5) is 16.3 Å². The van der Waals surface area contributed by atoms with Crippen LogP contribution in [0.5, 0.6) is 0 Å². The van der Waals surface area contributed by atoms with Gasteiger partial charge in [0.05, 0.1) is 5.75 Å². The van der Waals surface area contributed by atoms with Gasteiger partial charge in [-0.2, -0.15) is 15.0 Å². The summed E-state index contributed by atoms with van der Waals surface area (Å²) < 4.78 is 13.6. The van der Waals surface area contributed by atoms with Gasteiger partial charge in [-0.25, -0.2) is 4.39 Å². The molecule has 2 rings (SSSR count). The fraction of sp³-hybridized carbons (Fsp3) is 0.250. The van der Waals surface area contributed by atoms with Gasteiger partial charge in [0.25, 0.3) is 0 Å². The second-order valence-corrected chi connectivity index (χ2v) is 5.27. The molecule has 1 aromatic heterocycles. The van der Waals surface area contributed by atoms with Crippen LogP contribution in [0.25, 0.3) is 0 Å². The smallest absolute Gasteiger partial charge is 0.225 e. The van der Waals surface area contributed by atoms with E-state index in [0.29, 0.717) is 17.1 Å². The predicted molar refractivity (Wildman–Crippen MR) is 74.8 cm³/mol. The SMILES string of the molecule is CC(SCc1nc(N)nc(N)n1)c1ccccc1F. The highest BCUT2D eigenvalue weighted by Crippen LogP contribution is 2.31. The molecule has 1 unspecified atom stereocenters. The molecule has 0 saturated heterocycles. The molecule has 0 amide bonds. The topological polar surface area (TPSA) is 90.7 Å². The van der Waals surface area contributed by atoms with Crippen LogP contribution in [0.3, 0.4) is 0 Å². The first-order valence-electron chi connectivity index (χ1n) is 5.68. The molecule has 100 valence electrons. The number of nitrogens with zero attached hydrogens (tertiary/aromatic N) is 3. The zero-order chi connectivity index (χ0) is 13.8. The second kappa shape index (κ2) is 5.83. The highest BCUT2D eigenvalue weighted by molar-refractivity contribution is 7.98. The molecule has 1 aromatic carbocycles. The number of rotatable bonds is 4. The van der Waals surface area contributed by atoms with Crippen LogP contribution < -0.4 is 11.5 Å². The van der Waals surface area contributed by atoms with Gasteiger partial charge in [0.1, 0.15) is 11.6 Å². The molecule has 4 N–H and O–H groups in total. The number of anilines is 2. The maximum atomic E-state index is 13.6. The Labute approximate surface area is 114 Å². The van der Waals surface area contributed by atoms with E-state index in [1.54, 1.807) is 12.1 Å². The number of hydrogen-bond donors (Lipinski definition) is 2. The number of nitrogen functional groups attached to an aromatic ring is 2. The van der Waals surface area contributed by atoms with Crippen molar-refractivity contribution in [1.82, 2.24) is 15.0 Å². The molecule has 0 bridgehead atoms. The lowest BCUT2D eigenvalue weighted by Gasteiger charge is -2.12. The summed E-state index contributed by atoms with van der Waals surface area (Å²) in [6.45, 7) is 1.93. The van der Waals surface area contributed by atoms with Crippen molar-refractivity contribution in [2.24, 2.45) is 0 Å². The standard InChI is InChI=1S/C12H14FN5S/c1-7(8-4-2-3-5-9(8)13)19-6-10-16-11(14)18-12(15)17-10/h2-5,7H,6H2,1H3,(H4,14,15,16,17,18). The maximum absolute atomic E-state index is 13.6. The van der Waals surface area contributed by atoms with Crippen molar-refractivity contribution in [1.29, 1.82) is 0 Å². The van der Waals surface area contributed by atoms with Gasteiger partial charge in [0.15, 0.2) is 0 Å². The van der Waals surface area contributed by atoms with Crippen LogP contribution in [0.2, 0.25) is 0 Å². The first kappa shape index (κ1) is 13.5. The molecule has 0 fully saturated rings. The van der Waals surface area contributed by atoms with Crippen molar-refractivity contribution < 1.29 is 4.39 Å². The normalized spacial score (nSPS) is 12.3. The minimum absolute atomic E-state index is 0.0135. The molecule has 5 nitrogen and oxygen atoms in total. The van der Waals surface area contributed by atoms with Crippen molar-refractivity contribution >= 4 is 23.7 Å². The van der Waals surface area contributed by atoms with Gasteiger partial charge in [-0.15, -0.1) is 11.8 Å². The Kier molecular flexibility index (Phi) is 4.16. The summed E-state index contributed by atoms with van der Waals surface area (Å²) in [5, 5.41) is -0.0135. The minimum atomic E-state index is -0.211. The van der Waals surface area contributed by atoms with Crippen LogP contribution in [0, 0.1) is 5.82 Å². The summed E-state index contributed by atoms with van der Waals surface area (Å²) in [6.07, 6.45) is 0. The van der Waals surface area contributed by atoms with E-state index in [-0.39, 0.29) is 23.0 Å². The van der Waals surface area contributed by atoms with Gasteiger partial charge >= 0.3 is 0 Å². The maximum Gasteiger partial charge on any atom is 0.225 e. The molecule has 2 aromatic rings. The molecular formula is C12H14FN5S. The largest absolute Gasteiger partial charge is 0.368 e. The Hall–Kier alpha value is -1.89. The summed E-state index contributed by atoms with van der Waals surface area (Å²) in [5.41, 5.74) is 11.6. The molecule has 1 heterocycles. The quantitative estimate of drug-likeness (QED) is 0.891. The minimum Gasteiger partial charge on any atom is -0.368 e. The van der Waals surface area contributed by atoms with Crippen LogP contribution in [0.1, 0.15) is 23.6 Å². The molecule has 19 heavy (non-hydrogen) atoms. The van der Waals surface area contributed by atoms with E-state index in [1.165, 1.54) is 17.8 Å². The first-order valence-corrected chi connectivity index (χ1v) is 6.73. The highest BCUT2D eigenvalue weighted by atomic mass is 32.2. The molecule has 0 saturated carbocycles. The molecule has 1 atom stereocenters. The summed E-state index contributed by atoms with van der Waals surface area (Å²) >= 11 is 1.51. The lowest BCUT2D eigenvalue weighted by atomic mass is 10.1. The Morgan fingerprint density at radius 2 is 1.79 bits per heavy atom. The predicted octanol–water partition coefficient (Wildman–Crippen LogP) is 2.17. The first-order chi connectivity index (χ1) is 9.06. The zero-order valence-corrected chi connectivity index (χ0v) is 11.2. The van der Waals surface area contributed by atoms with Crippen molar-refractivity contribution in [3.05, 3.63) is 41.5 Å². The van der Waals surface area contributed by atoms with E-state index in [4.69, 9.17) is 11.5 Å². The Bertz CT molecular complexity index is 558. The number of halogens is 1. The fourth-order valence-corrected chi connectivity index (χ4v) is 2.51. The Morgan fingerprint density at radius 1 is 1.16 bits per heavy atom. The average molecular weight is 279 g/mol. The molecule has 0 aliphatic heterocycles. The van der Waals surface area contributed by atoms with E-state index in [2.05, 4.69) is 15.0 Å². The third-order valence-electron chi connectivity index (χ3n) is 2.52. The van der Waals surface area contributed by atoms with Gasteiger partial charge in [0.2, 0.25) is 11.9 Å². The van der Waals surface area contributed by atoms with Crippen LogP contribution >= 0.6 is 11.8 Å². The number of nitrogens with two attached hydrogens (primary N) is 2. The third kappa shape index (κ3) is 3.54. The van der Waals surface area contributed by atoms with Crippen LogP contribution in [-0.4, -0.2) is 15.0 Å². The third-order valence-corrected chi connectivity index (χ3v) is 3.70.